The fraction of sp³-hybridized carbons (Fsp3) is 0.562. The van der Waals surface area contributed by atoms with Crippen LogP contribution in [0.15, 0.2) is 18.2 Å². The van der Waals surface area contributed by atoms with E-state index in [9.17, 15) is 4.79 Å². The van der Waals surface area contributed by atoms with Crippen LogP contribution in [0, 0.1) is 12.8 Å². The molecule has 1 aromatic rings. The molecule has 0 atom stereocenters. The molecule has 0 heterocycles. The SMILES string of the molecule is Cc1c(N)cccc1NC(=O)CCCOCCC(C)C. The van der Waals surface area contributed by atoms with E-state index in [-0.39, 0.29) is 5.91 Å². The first-order valence-corrected chi connectivity index (χ1v) is 7.23. The van der Waals surface area contributed by atoms with E-state index in [2.05, 4.69) is 19.2 Å². The van der Waals surface area contributed by atoms with Crippen LogP contribution in [0.2, 0.25) is 0 Å². The summed E-state index contributed by atoms with van der Waals surface area (Å²) in [6.45, 7) is 7.65. The zero-order valence-corrected chi connectivity index (χ0v) is 12.7. The number of benzene rings is 1. The summed E-state index contributed by atoms with van der Waals surface area (Å²) in [7, 11) is 0. The van der Waals surface area contributed by atoms with E-state index in [0.717, 1.165) is 30.7 Å². The van der Waals surface area contributed by atoms with E-state index in [1.807, 2.05) is 25.1 Å². The van der Waals surface area contributed by atoms with Gasteiger partial charge in [-0.05, 0) is 43.4 Å². The van der Waals surface area contributed by atoms with Crippen LogP contribution >= 0.6 is 0 Å². The molecule has 1 rings (SSSR count). The van der Waals surface area contributed by atoms with Crippen molar-refractivity contribution in [1.29, 1.82) is 0 Å². The van der Waals surface area contributed by atoms with Crippen LogP contribution in [-0.2, 0) is 9.53 Å². The number of anilines is 2. The highest BCUT2D eigenvalue weighted by molar-refractivity contribution is 5.92. The monoisotopic (exact) mass is 278 g/mol. The van der Waals surface area contributed by atoms with Gasteiger partial charge in [-0.15, -0.1) is 0 Å². The molecule has 0 unspecified atom stereocenters. The first-order chi connectivity index (χ1) is 9.50. The Balaban J connectivity index is 2.22. The Bertz CT molecular complexity index is 430. The number of rotatable bonds is 8. The highest BCUT2D eigenvalue weighted by atomic mass is 16.5. The van der Waals surface area contributed by atoms with E-state index < -0.39 is 0 Å². The van der Waals surface area contributed by atoms with Gasteiger partial charge in [0.05, 0.1) is 0 Å². The normalized spacial score (nSPS) is 10.8. The fourth-order valence-electron chi connectivity index (χ4n) is 1.76. The van der Waals surface area contributed by atoms with Gasteiger partial charge in [-0.2, -0.15) is 0 Å². The van der Waals surface area contributed by atoms with Crippen LogP contribution in [0.4, 0.5) is 11.4 Å². The molecule has 3 N–H and O–H groups in total. The van der Waals surface area contributed by atoms with Crippen molar-refractivity contribution in [2.75, 3.05) is 24.3 Å². The first-order valence-electron chi connectivity index (χ1n) is 7.23. The summed E-state index contributed by atoms with van der Waals surface area (Å²) >= 11 is 0. The van der Waals surface area contributed by atoms with Gasteiger partial charge in [-0.1, -0.05) is 19.9 Å². The molecule has 0 aliphatic carbocycles. The third kappa shape index (κ3) is 6.06. The summed E-state index contributed by atoms with van der Waals surface area (Å²) in [4.78, 5) is 11.8. The predicted octanol–water partition coefficient (Wildman–Crippen LogP) is 3.36. The molecule has 1 amide bonds. The molecule has 0 aliphatic heterocycles. The van der Waals surface area contributed by atoms with Crippen molar-refractivity contribution >= 4 is 17.3 Å². The van der Waals surface area contributed by atoms with Crippen molar-refractivity contribution in [2.24, 2.45) is 5.92 Å². The lowest BCUT2D eigenvalue weighted by Gasteiger charge is -2.10. The Morgan fingerprint density at radius 1 is 1.35 bits per heavy atom. The van der Waals surface area contributed by atoms with Crippen molar-refractivity contribution in [3.63, 3.8) is 0 Å². The van der Waals surface area contributed by atoms with Crippen molar-refractivity contribution in [2.45, 2.75) is 40.0 Å². The molecule has 112 valence electrons. The quantitative estimate of drug-likeness (QED) is 0.566. The van der Waals surface area contributed by atoms with Crippen LogP contribution in [0.5, 0.6) is 0 Å². The highest BCUT2D eigenvalue weighted by Gasteiger charge is 2.06. The first kappa shape index (κ1) is 16.5. The third-order valence-electron chi connectivity index (χ3n) is 3.18. The minimum Gasteiger partial charge on any atom is -0.398 e. The van der Waals surface area contributed by atoms with E-state index in [1.54, 1.807) is 0 Å². The number of hydrogen-bond acceptors (Lipinski definition) is 3. The van der Waals surface area contributed by atoms with Crippen molar-refractivity contribution < 1.29 is 9.53 Å². The lowest BCUT2D eigenvalue weighted by molar-refractivity contribution is -0.116. The second kappa shape index (κ2) is 8.59. The van der Waals surface area contributed by atoms with Crippen molar-refractivity contribution in [3.05, 3.63) is 23.8 Å². The Labute approximate surface area is 121 Å². The van der Waals surface area contributed by atoms with Crippen LogP contribution in [0.25, 0.3) is 0 Å². The van der Waals surface area contributed by atoms with Crippen molar-refractivity contribution in [3.8, 4) is 0 Å². The van der Waals surface area contributed by atoms with E-state index in [0.29, 0.717) is 24.6 Å². The lowest BCUT2D eigenvalue weighted by atomic mass is 10.1. The van der Waals surface area contributed by atoms with Gasteiger partial charge >= 0.3 is 0 Å². The Morgan fingerprint density at radius 2 is 2.10 bits per heavy atom. The molecular formula is C16H26N2O2. The smallest absolute Gasteiger partial charge is 0.224 e. The third-order valence-corrected chi connectivity index (χ3v) is 3.18. The average molecular weight is 278 g/mol. The molecule has 0 saturated heterocycles. The minimum absolute atomic E-state index is 0.00570. The summed E-state index contributed by atoms with van der Waals surface area (Å²) in [6, 6.07) is 5.53. The number of carbonyl (C=O) groups excluding carboxylic acids is 1. The number of ether oxygens (including phenoxy) is 1. The summed E-state index contributed by atoms with van der Waals surface area (Å²) < 4.78 is 5.49. The molecule has 0 bridgehead atoms. The lowest BCUT2D eigenvalue weighted by Crippen LogP contribution is -2.13. The van der Waals surface area contributed by atoms with Gasteiger partial charge in [0.1, 0.15) is 0 Å². The van der Waals surface area contributed by atoms with Crippen LogP contribution < -0.4 is 11.1 Å². The van der Waals surface area contributed by atoms with Gasteiger partial charge in [-0.25, -0.2) is 0 Å². The molecule has 4 heteroatoms. The topological polar surface area (TPSA) is 64.3 Å². The second-order valence-corrected chi connectivity index (χ2v) is 5.47. The molecule has 4 nitrogen and oxygen atoms in total. The molecule has 0 spiro atoms. The van der Waals surface area contributed by atoms with E-state index in [1.165, 1.54) is 0 Å². The van der Waals surface area contributed by atoms with Gasteiger partial charge in [0.25, 0.3) is 0 Å². The van der Waals surface area contributed by atoms with E-state index >= 15 is 0 Å². The second-order valence-electron chi connectivity index (χ2n) is 5.47. The molecule has 0 aromatic heterocycles. The maximum Gasteiger partial charge on any atom is 0.224 e. The van der Waals surface area contributed by atoms with Crippen LogP contribution in [0.3, 0.4) is 0 Å². The zero-order chi connectivity index (χ0) is 15.0. The van der Waals surface area contributed by atoms with E-state index in [4.69, 9.17) is 10.5 Å². The van der Waals surface area contributed by atoms with Gasteiger partial charge in [0, 0.05) is 31.0 Å². The number of nitrogen functional groups attached to an aromatic ring is 1. The summed E-state index contributed by atoms with van der Waals surface area (Å²) in [5.74, 6) is 0.663. The van der Waals surface area contributed by atoms with Gasteiger partial charge in [0.2, 0.25) is 5.91 Å². The number of amides is 1. The number of carbonyl (C=O) groups is 1. The fourth-order valence-corrected chi connectivity index (χ4v) is 1.76. The Hall–Kier alpha value is -1.55. The van der Waals surface area contributed by atoms with Gasteiger partial charge < -0.3 is 15.8 Å². The minimum atomic E-state index is 0.00570. The van der Waals surface area contributed by atoms with Gasteiger partial charge in [0.15, 0.2) is 0 Å². The van der Waals surface area contributed by atoms with Crippen LogP contribution in [-0.4, -0.2) is 19.1 Å². The largest absolute Gasteiger partial charge is 0.398 e. The molecule has 0 saturated carbocycles. The number of nitrogens with two attached hydrogens (primary N) is 1. The Morgan fingerprint density at radius 3 is 2.80 bits per heavy atom. The van der Waals surface area contributed by atoms with Crippen LogP contribution in [0.1, 0.15) is 38.7 Å². The molecular weight excluding hydrogens is 252 g/mol. The average Bonchev–Trinajstić information content (AvgIpc) is 2.39. The molecule has 0 aliphatic rings. The van der Waals surface area contributed by atoms with Gasteiger partial charge in [-0.3, -0.25) is 4.79 Å². The zero-order valence-electron chi connectivity index (χ0n) is 12.7. The standard InChI is InChI=1S/C16H26N2O2/c1-12(2)9-11-20-10-5-8-16(19)18-15-7-4-6-14(17)13(15)3/h4,6-7,12H,5,8-11,17H2,1-3H3,(H,18,19). The Kier molecular flexibility index (Phi) is 7.09. The molecule has 1 aromatic carbocycles. The maximum absolute atomic E-state index is 11.8. The summed E-state index contributed by atoms with van der Waals surface area (Å²) in [5.41, 5.74) is 8.20. The number of nitrogens with one attached hydrogen (secondary N) is 1. The summed E-state index contributed by atoms with van der Waals surface area (Å²) in [5, 5.41) is 2.89. The molecule has 20 heavy (non-hydrogen) atoms. The maximum atomic E-state index is 11.8. The highest BCUT2D eigenvalue weighted by Crippen LogP contribution is 2.20. The molecule has 0 radical (unpaired) electrons. The predicted molar refractivity (Wildman–Crippen MR) is 83.7 cm³/mol. The summed E-state index contributed by atoms with van der Waals surface area (Å²) in [6.07, 6.45) is 2.27. The van der Waals surface area contributed by atoms with Crippen molar-refractivity contribution in [1.82, 2.24) is 0 Å². The molecule has 0 fully saturated rings. The number of hydrogen-bond donors (Lipinski definition) is 2.